The first-order valence-electron chi connectivity index (χ1n) is 9.47. The van der Waals surface area contributed by atoms with E-state index in [-0.39, 0.29) is 21.8 Å². The van der Waals surface area contributed by atoms with E-state index in [1.54, 1.807) is 32.0 Å². The lowest BCUT2D eigenvalue weighted by molar-refractivity contribution is 0.430. The SMILES string of the molecule is Cc1noc(NS(=O)(=O)c2ccc(Nc3ccnc4c3c(=O)n(C)c(=O)n4C)cc2)c1C. The van der Waals surface area contributed by atoms with Crippen molar-refractivity contribution in [2.45, 2.75) is 18.7 Å². The fraction of sp³-hybridized carbons (Fsp3) is 0.200. The second kappa shape index (κ2) is 7.64. The summed E-state index contributed by atoms with van der Waals surface area (Å²) in [7, 11) is -0.955. The summed E-state index contributed by atoms with van der Waals surface area (Å²) in [5, 5.41) is 7.07. The highest BCUT2D eigenvalue weighted by molar-refractivity contribution is 7.92. The van der Waals surface area contributed by atoms with Crippen molar-refractivity contribution in [2.75, 3.05) is 10.0 Å². The van der Waals surface area contributed by atoms with E-state index in [0.29, 0.717) is 22.6 Å². The van der Waals surface area contributed by atoms with Crippen molar-refractivity contribution in [1.82, 2.24) is 19.3 Å². The maximum atomic E-state index is 12.7. The van der Waals surface area contributed by atoms with Gasteiger partial charge in [0.15, 0.2) is 5.65 Å². The zero-order valence-corrected chi connectivity index (χ0v) is 18.5. The van der Waals surface area contributed by atoms with Gasteiger partial charge in [-0.2, -0.15) is 0 Å². The number of fused-ring (bicyclic) bond motifs is 1. The van der Waals surface area contributed by atoms with Crippen molar-refractivity contribution in [3.63, 3.8) is 0 Å². The van der Waals surface area contributed by atoms with Gasteiger partial charge < -0.3 is 9.84 Å². The van der Waals surface area contributed by atoms with Crippen LogP contribution in [0.4, 0.5) is 17.3 Å². The summed E-state index contributed by atoms with van der Waals surface area (Å²) >= 11 is 0. The van der Waals surface area contributed by atoms with Crippen molar-refractivity contribution < 1.29 is 12.9 Å². The molecule has 2 N–H and O–H groups in total. The first-order valence-corrected chi connectivity index (χ1v) is 11.0. The molecule has 4 aromatic rings. The molecule has 4 rings (SSSR count). The number of benzene rings is 1. The summed E-state index contributed by atoms with van der Waals surface area (Å²) in [6.45, 7) is 3.42. The number of anilines is 3. The molecule has 0 unspecified atom stereocenters. The Morgan fingerprint density at radius 1 is 1.00 bits per heavy atom. The van der Waals surface area contributed by atoms with Gasteiger partial charge in [-0.1, -0.05) is 5.16 Å². The molecule has 3 aromatic heterocycles. The highest BCUT2D eigenvalue weighted by Gasteiger charge is 2.19. The van der Waals surface area contributed by atoms with Crippen LogP contribution in [0.1, 0.15) is 11.3 Å². The summed E-state index contributed by atoms with van der Waals surface area (Å²) in [6.07, 6.45) is 1.48. The standard InChI is InChI=1S/C20H20N6O5S/c1-11-12(2)23-31-18(11)24-32(29,30)14-7-5-13(6-8-14)22-15-9-10-21-17-16(15)19(27)26(4)20(28)25(17)3/h5-10,24H,1-4H3,(H,21,22). The molecule has 0 radical (unpaired) electrons. The summed E-state index contributed by atoms with van der Waals surface area (Å²) in [5.74, 6) is 0.0643. The van der Waals surface area contributed by atoms with Crippen LogP contribution in [-0.2, 0) is 24.1 Å². The summed E-state index contributed by atoms with van der Waals surface area (Å²) in [4.78, 5) is 29.0. The second-order valence-electron chi connectivity index (χ2n) is 7.24. The molecule has 0 saturated heterocycles. The molecule has 166 valence electrons. The van der Waals surface area contributed by atoms with E-state index in [1.165, 1.54) is 37.0 Å². The van der Waals surface area contributed by atoms with E-state index in [9.17, 15) is 18.0 Å². The summed E-state index contributed by atoms with van der Waals surface area (Å²) < 4.78 is 35.0. The molecule has 0 aliphatic rings. The number of pyridine rings is 1. The van der Waals surface area contributed by atoms with Gasteiger partial charge in [0.05, 0.1) is 16.3 Å². The molecule has 0 saturated carbocycles. The van der Waals surface area contributed by atoms with E-state index in [0.717, 1.165) is 4.57 Å². The van der Waals surface area contributed by atoms with Crippen LogP contribution < -0.4 is 21.3 Å². The smallest absolute Gasteiger partial charge is 0.332 e. The lowest BCUT2D eigenvalue weighted by atomic mass is 10.2. The van der Waals surface area contributed by atoms with Gasteiger partial charge in [-0.3, -0.25) is 13.9 Å². The molecular formula is C20H20N6O5S. The molecule has 0 aliphatic carbocycles. The van der Waals surface area contributed by atoms with Gasteiger partial charge in [0.2, 0.25) is 5.88 Å². The molecule has 3 heterocycles. The van der Waals surface area contributed by atoms with E-state index >= 15 is 0 Å². The number of aromatic nitrogens is 4. The molecule has 0 aliphatic heterocycles. The first kappa shape index (κ1) is 21.3. The normalized spacial score (nSPS) is 11.6. The Morgan fingerprint density at radius 2 is 1.69 bits per heavy atom. The number of nitrogens with zero attached hydrogens (tertiary/aromatic N) is 4. The van der Waals surface area contributed by atoms with E-state index in [2.05, 4.69) is 20.2 Å². The van der Waals surface area contributed by atoms with Crippen molar-refractivity contribution in [2.24, 2.45) is 14.1 Å². The van der Waals surface area contributed by atoms with Crippen molar-refractivity contribution >= 4 is 38.3 Å². The van der Waals surface area contributed by atoms with Gasteiger partial charge in [-0.05, 0) is 44.2 Å². The molecule has 0 fully saturated rings. The minimum atomic E-state index is -3.88. The average molecular weight is 456 g/mol. The maximum Gasteiger partial charge on any atom is 0.332 e. The Balaban J connectivity index is 1.66. The van der Waals surface area contributed by atoms with E-state index in [1.807, 2.05) is 0 Å². The molecular weight excluding hydrogens is 436 g/mol. The van der Waals surface area contributed by atoms with Gasteiger partial charge in [0.1, 0.15) is 5.39 Å². The molecule has 0 bridgehead atoms. The van der Waals surface area contributed by atoms with E-state index in [4.69, 9.17) is 4.52 Å². The minimum absolute atomic E-state index is 0.0226. The van der Waals surface area contributed by atoms with Crippen molar-refractivity contribution in [3.05, 3.63) is 68.6 Å². The monoisotopic (exact) mass is 456 g/mol. The predicted octanol–water partition coefficient (Wildman–Crippen LogP) is 1.78. The Labute approximate surface area is 182 Å². The third-order valence-electron chi connectivity index (χ3n) is 5.17. The Hall–Kier alpha value is -3.93. The van der Waals surface area contributed by atoms with Crippen LogP contribution in [0.5, 0.6) is 0 Å². The Bertz CT molecular complexity index is 1570. The third kappa shape index (κ3) is 3.54. The topological polar surface area (TPSA) is 141 Å². The van der Waals surface area contributed by atoms with E-state index < -0.39 is 21.3 Å². The van der Waals surface area contributed by atoms with Gasteiger partial charge in [-0.25, -0.2) is 22.9 Å². The fourth-order valence-electron chi connectivity index (χ4n) is 3.15. The van der Waals surface area contributed by atoms with Crippen LogP contribution >= 0.6 is 0 Å². The largest absolute Gasteiger partial charge is 0.355 e. The van der Waals surface area contributed by atoms with Crippen LogP contribution in [0, 0.1) is 13.8 Å². The van der Waals surface area contributed by atoms with Crippen LogP contribution in [-0.4, -0.2) is 27.7 Å². The van der Waals surface area contributed by atoms with Gasteiger partial charge >= 0.3 is 5.69 Å². The zero-order chi connectivity index (χ0) is 23.2. The first-order chi connectivity index (χ1) is 15.1. The number of nitrogens with one attached hydrogen (secondary N) is 2. The molecule has 0 spiro atoms. The zero-order valence-electron chi connectivity index (χ0n) is 17.7. The van der Waals surface area contributed by atoms with Gasteiger partial charge in [0.25, 0.3) is 15.6 Å². The molecule has 12 heteroatoms. The van der Waals surface area contributed by atoms with Crippen LogP contribution in [0.3, 0.4) is 0 Å². The van der Waals surface area contributed by atoms with Gasteiger partial charge in [0, 0.05) is 31.5 Å². The highest BCUT2D eigenvalue weighted by Crippen LogP contribution is 2.25. The average Bonchev–Trinajstić information content (AvgIpc) is 3.08. The summed E-state index contributed by atoms with van der Waals surface area (Å²) in [5.41, 5.74) is 1.45. The highest BCUT2D eigenvalue weighted by atomic mass is 32.2. The number of aryl methyl sites for hydroxylation is 2. The molecule has 1 aromatic carbocycles. The van der Waals surface area contributed by atoms with Crippen LogP contribution in [0.2, 0.25) is 0 Å². The number of sulfonamides is 1. The number of rotatable bonds is 5. The minimum Gasteiger partial charge on any atom is -0.355 e. The number of hydrogen-bond donors (Lipinski definition) is 2. The lowest BCUT2D eigenvalue weighted by Gasteiger charge is -2.12. The van der Waals surface area contributed by atoms with Crippen LogP contribution in [0.15, 0.2) is 55.5 Å². The molecule has 32 heavy (non-hydrogen) atoms. The quantitative estimate of drug-likeness (QED) is 0.463. The predicted molar refractivity (Wildman–Crippen MR) is 119 cm³/mol. The van der Waals surface area contributed by atoms with Crippen LogP contribution in [0.25, 0.3) is 11.0 Å². The Morgan fingerprint density at radius 3 is 2.31 bits per heavy atom. The fourth-order valence-corrected chi connectivity index (χ4v) is 4.20. The lowest BCUT2D eigenvalue weighted by Crippen LogP contribution is -2.37. The van der Waals surface area contributed by atoms with Crippen molar-refractivity contribution in [1.29, 1.82) is 0 Å². The van der Waals surface area contributed by atoms with Crippen molar-refractivity contribution in [3.8, 4) is 0 Å². The molecule has 0 amide bonds. The number of hydrogen-bond acceptors (Lipinski definition) is 8. The van der Waals surface area contributed by atoms with Gasteiger partial charge in [-0.15, -0.1) is 0 Å². The molecule has 0 atom stereocenters. The maximum absolute atomic E-state index is 12.7. The summed E-state index contributed by atoms with van der Waals surface area (Å²) in [6, 6.07) is 7.56. The molecule has 11 nitrogen and oxygen atoms in total. The third-order valence-corrected chi connectivity index (χ3v) is 6.52. The Kier molecular flexibility index (Phi) is 5.09. The second-order valence-corrected chi connectivity index (χ2v) is 8.92.